The van der Waals surface area contributed by atoms with Crippen LogP contribution in [0.5, 0.6) is 0 Å². The molecule has 162 valence electrons. The van der Waals surface area contributed by atoms with E-state index in [0.29, 0.717) is 11.7 Å². The van der Waals surface area contributed by atoms with Crippen LogP contribution in [0.25, 0.3) is 0 Å². The highest BCUT2D eigenvalue weighted by atomic mass is 32.2. The maximum Gasteiger partial charge on any atom is 0.434 e. The fourth-order valence-corrected chi connectivity index (χ4v) is 5.51. The van der Waals surface area contributed by atoms with Gasteiger partial charge in [-0.25, -0.2) is 9.97 Å². The average Bonchev–Trinajstić information content (AvgIpc) is 2.98. The lowest BCUT2D eigenvalue weighted by Crippen LogP contribution is -2.48. The van der Waals surface area contributed by atoms with E-state index in [1.807, 2.05) is 0 Å². The molecular formula is C20H25F3N6S. The maximum atomic E-state index is 13.2. The molecule has 1 unspecified atom stereocenters. The predicted octanol–water partition coefficient (Wildman–Crippen LogP) is 3.97. The zero-order chi connectivity index (χ0) is 21.5. The summed E-state index contributed by atoms with van der Waals surface area (Å²) in [6, 6.07) is 3.04. The van der Waals surface area contributed by atoms with Gasteiger partial charge in [0.1, 0.15) is 10.8 Å². The molecule has 1 aliphatic heterocycles. The van der Waals surface area contributed by atoms with Crippen LogP contribution in [-0.4, -0.2) is 34.1 Å². The van der Waals surface area contributed by atoms with Gasteiger partial charge in [0.15, 0.2) is 11.5 Å². The van der Waals surface area contributed by atoms with Crippen molar-refractivity contribution in [2.45, 2.75) is 54.7 Å². The van der Waals surface area contributed by atoms with E-state index in [-0.39, 0.29) is 27.2 Å². The lowest BCUT2D eigenvalue weighted by molar-refractivity contribution is -0.143. The molecule has 1 spiro atoms. The SMILES string of the molecule is CC1CCC2(CCN(c3cnc(Sc4cccnc4C(F)(F)F)c(N)n3)CC2)[C@@H]1N. The van der Waals surface area contributed by atoms with Gasteiger partial charge in [-0.15, -0.1) is 0 Å². The Morgan fingerprint density at radius 2 is 1.93 bits per heavy atom. The van der Waals surface area contributed by atoms with E-state index < -0.39 is 11.9 Å². The van der Waals surface area contributed by atoms with Gasteiger partial charge < -0.3 is 16.4 Å². The Balaban J connectivity index is 1.48. The number of piperidine rings is 1. The summed E-state index contributed by atoms with van der Waals surface area (Å²) in [4.78, 5) is 14.3. The van der Waals surface area contributed by atoms with Gasteiger partial charge in [0.05, 0.1) is 6.20 Å². The first-order chi connectivity index (χ1) is 14.2. The van der Waals surface area contributed by atoms with Crippen molar-refractivity contribution in [1.29, 1.82) is 0 Å². The van der Waals surface area contributed by atoms with E-state index in [9.17, 15) is 13.2 Å². The molecule has 3 heterocycles. The Labute approximate surface area is 177 Å². The molecule has 30 heavy (non-hydrogen) atoms. The molecule has 2 aromatic heterocycles. The Bertz CT molecular complexity index is 914. The van der Waals surface area contributed by atoms with E-state index in [1.54, 1.807) is 6.20 Å². The van der Waals surface area contributed by atoms with Crippen LogP contribution in [0.1, 0.15) is 38.3 Å². The summed E-state index contributed by atoms with van der Waals surface area (Å²) in [7, 11) is 0. The van der Waals surface area contributed by atoms with Crippen LogP contribution in [0.3, 0.4) is 0 Å². The first-order valence-corrected chi connectivity index (χ1v) is 10.8. The number of nitrogen functional groups attached to an aromatic ring is 1. The third-order valence-corrected chi connectivity index (χ3v) is 7.56. The van der Waals surface area contributed by atoms with Crippen molar-refractivity contribution < 1.29 is 13.2 Å². The predicted molar refractivity (Wildman–Crippen MR) is 110 cm³/mol. The second-order valence-corrected chi connectivity index (χ2v) is 9.29. The van der Waals surface area contributed by atoms with Crippen molar-refractivity contribution in [1.82, 2.24) is 15.0 Å². The van der Waals surface area contributed by atoms with Crippen LogP contribution in [-0.2, 0) is 6.18 Å². The fourth-order valence-electron chi connectivity index (χ4n) is 4.63. The van der Waals surface area contributed by atoms with Crippen LogP contribution in [0.2, 0.25) is 0 Å². The number of nitrogens with two attached hydrogens (primary N) is 2. The number of hydrogen-bond acceptors (Lipinski definition) is 7. The molecule has 2 fully saturated rings. The van der Waals surface area contributed by atoms with Crippen molar-refractivity contribution in [2.75, 3.05) is 23.7 Å². The lowest BCUT2D eigenvalue weighted by atomic mass is 9.73. The molecule has 0 radical (unpaired) electrons. The van der Waals surface area contributed by atoms with E-state index in [1.165, 1.54) is 25.0 Å². The molecule has 1 aliphatic carbocycles. The van der Waals surface area contributed by atoms with Gasteiger partial charge in [-0.1, -0.05) is 18.7 Å². The summed E-state index contributed by atoms with van der Waals surface area (Å²) in [5, 5.41) is 0.234. The number of alkyl halides is 3. The van der Waals surface area contributed by atoms with Crippen LogP contribution in [0, 0.1) is 11.3 Å². The standard InChI is InChI=1S/C20H25F3N6S/c1-12-4-5-19(15(12)24)6-9-29(10-7-19)14-11-27-18(17(25)28-14)30-13-3-2-8-26-16(13)20(21,22)23/h2-3,8,11-12,15H,4-7,9-10,24H2,1H3,(H2,25,28)/t12?,15-/m1/s1. The molecule has 0 bridgehead atoms. The van der Waals surface area contributed by atoms with E-state index in [4.69, 9.17) is 11.5 Å². The van der Waals surface area contributed by atoms with Gasteiger partial charge in [-0.05, 0) is 49.1 Å². The summed E-state index contributed by atoms with van der Waals surface area (Å²) in [5.41, 5.74) is 11.8. The maximum absolute atomic E-state index is 13.2. The van der Waals surface area contributed by atoms with E-state index >= 15 is 0 Å². The molecule has 2 aromatic rings. The van der Waals surface area contributed by atoms with Gasteiger partial charge in [-0.3, -0.25) is 4.98 Å². The highest BCUT2D eigenvalue weighted by molar-refractivity contribution is 7.99. The zero-order valence-corrected chi connectivity index (χ0v) is 17.5. The van der Waals surface area contributed by atoms with Gasteiger partial charge in [0.2, 0.25) is 0 Å². The number of nitrogens with zero attached hydrogens (tertiary/aromatic N) is 4. The first-order valence-electron chi connectivity index (χ1n) is 10.0. The Kier molecular flexibility index (Phi) is 5.56. The Morgan fingerprint density at radius 3 is 2.53 bits per heavy atom. The molecular weight excluding hydrogens is 413 g/mol. The van der Waals surface area contributed by atoms with Gasteiger partial charge in [0, 0.05) is 30.2 Å². The van der Waals surface area contributed by atoms with Crippen LogP contribution in [0.15, 0.2) is 34.4 Å². The Morgan fingerprint density at radius 1 is 1.20 bits per heavy atom. The highest BCUT2D eigenvalue weighted by Gasteiger charge is 2.46. The average molecular weight is 439 g/mol. The minimum Gasteiger partial charge on any atom is -0.381 e. The monoisotopic (exact) mass is 438 g/mol. The van der Waals surface area contributed by atoms with Crippen LogP contribution >= 0.6 is 11.8 Å². The quantitative estimate of drug-likeness (QED) is 0.749. The van der Waals surface area contributed by atoms with Gasteiger partial charge in [-0.2, -0.15) is 13.2 Å². The van der Waals surface area contributed by atoms with Crippen LogP contribution < -0.4 is 16.4 Å². The molecule has 1 saturated heterocycles. The van der Waals surface area contributed by atoms with Gasteiger partial charge >= 0.3 is 6.18 Å². The number of anilines is 2. The molecule has 10 heteroatoms. The minimum atomic E-state index is -4.55. The number of rotatable bonds is 3. The molecule has 2 atom stereocenters. The summed E-state index contributed by atoms with van der Waals surface area (Å²) in [6.45, 7) is 3.87. The molecule has 4 N–H and O–H groups in total. The summed E-state index contributed by atoms with van der Waals surface area (Å²) >= 11 is 0.823. The van der Waals surface area contributed by atoms with Crippen molar-refractivity contribution in [3.63, 3.8) is 0 Å². The van der Waals surface area contributed by atoms with Crippen molar-refractivity contribution in [2.24, 2.45) is 17.1 Å². The zero-order valence-electron chi connectivity index (χ0n) is 16.7. The number of pyridine rings is 1. The van der Waals surface area contributed by atoms with E-state index in [0.717, 1.165) is 43.9 Å². The topological polar surface area (TPSA) is 94.0 Å². The largest absolute Gasteiger partial charge is 0.434 e. The summed E-state index contributed by atoms with van der Waals surface area (Å²) in [5.74, 6) is 1.31. The minimum absolute atomic E-state index is 0.0528. The number of hydrogen-bond donors (Lipinski definition) is 2. The second-order valence-electron chi connectivity index (χ2n) is 8.26. The third-order valence-electron chi connectivity index (χ3n) is 6.50. The summed E-state index contributed by atoms with van der Waals surface area (Å²) < 4.78 is 39.5. The smallest absolute Gasteiger partial charge is 0.381 e. The molecule has 0 aromatic carbocycles. The first kappa shape index (κ1) is 21.2. The van der Waals surface area contributed by atoms with Crippen molar-refractivity contribution in [3.05, 3.63) is 30.2 Å². The molecule has 6 nitrogen and oxygen atoms in total. The van der Waals surface area contributed by atoms with Gasteiger partial charge in [0.25, 0.3) is 0 Å². The fraction of sp³-hybridized carbons (Fsp3) is 0.550. The third kappa shape index (κ3) is 3.94. The summed E-state index contributed by atoms with van der Waals surface area (Å²) in [6.07, 6.45) is 2.49. The molecule has 4 rings (SSSR count). The number of aromatic nitrogens is 3. The lowest BCUT2D eigenvalue weighted by Gasteiger charge is -2.43. The Hall–Kier alpha value is -2.07. The van der Waals surface area contributed by atoms with Crippen molar-refractivity contribution >= 4 is 23.4 Å². The van der Waals surface area contributed by atoms with E-state index in [2.05, 4.69) is 26.8 Å². The molecule has 1 saturated carbocycles. The highest BCUT2D eigenvalue weighted by Crippen LogP contribution is 2.48. The second kappa shape index (κ2) is 7.88. The van der Waals surface area contributed by atoms with Crippen molar-refractivity contribution in [3.8, 4) is 0 Å². The van der Waals surface area contributed by atoms with Crippen LogP contribution in [0.4, 0.5) is 24.8 Å². The normalized spacial score (nSPS) is 23.8. The number of halogens is 3. The molecule has 0 amide bonds. The molecule has 2 aliphatic rings.